The van der Waals surface area contributed by atoms with Crippen LogP contribution in [0.25, 0.3) is 12.2 Å². The fourth-order valence-electron chi connectivity index (χ4n) is 4.48. The summed E-state index contributed by atoms with van der Waals surface area (Å²) in [5.74, 6) is -0.223. The lowest BCUT2D eigenvalue weighted by atomic mass is 10.1. The molecule has 0 aliphatic carbocycles. The zero-order chi connectivity index (χ0) is 25.5. The third kappa shape index (κ3) is 6.08. The molecular weight excluding hydrogens is 462 g/mol. The summed E-state index contributed by atoms with van der Waals surface area (Å²) < 4.78 is 11.8. The summed E-state index contributed by atoms with van der Waals surface area (Å²) in [6.07, 6.45) is 3.68. The second kappa shape index (κ2) is 11.6. The number of fused-ring (bicyclic) bond motifs is 2. The number of carboxylic acids is 1. The Morgan fingerprint density at radius 1 is 0.730 bits per heavy atom. The van der Waals surface area contributed by atoms with E-state index < -0.39 is 12.1 Å². The maximum Gasteiger partial charge on any atom is 0.333 e. The fourth-order valence-corrected chi connectivity index (χ4v) is 4.48. The lowest BCUT2D eigenvalue weighted by Crippen LogP contribution is -2.26. The van der Waals surface area contributed by atoms with Crippen molar-refractivity contribution >= 4 is 29.5 Å². The number of hydrogen-bond donors (Lipinski definition) is 1. The van der Waals surface area contributed by atoms with Crippen LogP contribution >= 0.6 is 0 Å². The van der Waals surface area contributed by atoms with Crippen LogP contribution in [0.4, 0.5) is 11.4 Å². The van der Waals surface area contributed by atoms with Gasteiger partial charge in [-0.3, -0.25) is 0 Å². The highest BCUT2D eigenvalue weighted by Crippen LogP contribution is 2.35. The van der Waals surface area contributed by atoms with E-state index in [9.17, 15) is 9.90 Å². The molecule has 37 heavy (non-hydrogen) atoms. The molecule has 186 valence electrons. The average molecular weight is 492 g/mol. The fraction of sp³-hybridized carbons (Fsp3) is 0.156. The molecule has 0 spiro atoms. The Hall–Kier alpha value is -4.35. The van der Waals surface area contributed by atoms with Gasteiger partial charge in [0.05, 0.1) is 13.2 Å². The first-order valence-electron chi connectivity index (χ1n) is 12.4. The van der Waals surface area contributed by atoms with E-state index in [1.54, 1.807) is 0 Å². The van der Waals surface area contributed by atoms with E-state index in [-0.39, 0.29) is 13.0 Å². The molecule has 4 aromatic rings. The molecule has 0 bridgehead atoms. The summed E-state index contributed by atoms with van der Waals surface area (Å²) in [5.41, 5.74) is 6.48. The Morgan fingerprint density at radius 2 is 1.32 bits per heavy atom. The van der Waals surface area contributed by atoms with Gasteiger partial charge in [-0.1, -0.05) is 91.0 Å². The van der Waals surface area contributed by atoms with E-state index in [1.165, 1.54) is 11.1 Å². The third-order valence-electron chi connectivity index (χ3n) is 6.40. The SMILES string of the molecule is O=C(O)C(Cc1ccc(OCCN2c3ccccc3C=Cc3ccccc32)cc1)OCc1ccccc1. The van der Waals surface area contributed by atoms with Crippen LogP contribution in [0.1, 0.15) is 22.3 Å². The van der Waals surface area contributed by atoms with Crippen molar-refractivity contribution in [3.63, 3.8) is 0 Å². The number of rotatable bonds is 10. The molecule has 0 fully saturated rings. The largest absolute Gasteiger partial charge is 0.492 e. The minimum atomic E-state index is -0.969. The zero-order valence-corrected chi connectivity index (χ0v) is 20.5. The predicted octanol–water partition coefficient (Wildman–Crippen LogP) is 6.60. The first-order valence-corrected chi connectivity index (χ1v) is 12.4. The van der Waals surface area contributed by atoms with Gasteiger partial charge in [0.2, 0.25) is 0 Å². The van der Waals surface area contributed by atoms with Crippen LogP contribution in [0, 0.1) is 0 Å². The number of para-hydroxylation sites is 2. The maximum atomic E-state index is 11.7. The average Bonchev–Trinajstić information content (AvgIpc) is 3.09. The van der Waals surface area contributed by atoms with Crippen LogP contribution in [0.5, 0.6) is 5.75 Å². The molecule has 1 aliphatic rings. The molecule has 1 N–H and O–H groups in total. The van der Waals surface area contributed by atoms with Crippen molar-refractivity contribution in [3.8, 4) is 5.75 Å². The van der Waals surface area contributed by atoms with E-state index in [2.05, 4.69) is 65.6 Å². The van der Waals surface area contributed by atoms with Crippen LogP contribution in [0.15, 0.2) is 103 Å². The monoisotopic (exact) mass is 491 g/mol. The Bertz CT molecular complexity index is 1320. The summed E-state index contributed by atoms with van der Waals surface area (Å²) in [5, 5.41) is 9.61. The molecule has 4 aromatic carbocycles. The highest BCUT2D eigenvalue weighted by atomic mass is 16.5. The van der Waals surface area contributed by atoms with Gasteiger partial charge in [0.25, 0.3) is 0 Å². The summed E-state index contributed by atoms with van der Waals surface area (Å²) >= 11 is 0. The molecular formula is C32H29NO4. The lowest BCUT2D eigenvalue weighted by Gasteiger charge is -2.27. The number of nitrogens with zero attached hydrogens (tertiary/aromatic N) is 1. The number of ether oxygens (including phenoxy) is 2. The van der Waals surface area contributed by atoms with Gasteiger partial charge in [-0.2, -0.15) is 0 Å². The van der Waals surface area contributed by atoms with Crippen molar-refractivity contribution in [3.05, 3.63) is 125 Å². The topological polar surface area (TPSA) is 59.0 Å². The van der Waals surface area contributed by atoms with Crippen LogP contribution in [-0.2, 0) is 22.6 Å². The van der Waals surface area contributed by atoms with Crippen LogP contribution in [0.2, 0.25) is 0 Å². The Morgan fingerprint density at radius 3 is 1.95 bits per heavy atom. The van der Waals surface area contributed by atoms with Gasteiger partial charge < -0.3 is 19.5 Å². The van der Waals surface area contributed by atoms with E-state index in [4.69, 9.17) is 9.47 Å². The van der Waals surface area contributed by atoms with E-state index in [1.807, 2.05) is 54.6 Å². The number of aliphatic carboxylic acids is 1. The molecule has 0 saturated carbocycles. The molecule has 1 unspecified atom stereocenters. The minimum Gasteiger partial charge on any atom is -0.492 e. The first-order chi connectivity index (χ1) is 18.2. The minimum absolute atomic E-state index is 0.261. The van der Waals surface area contributed by atoms with Gasteiger partial charge in [-0.15, -0.1) is 0 Å². The van der Waals surface area contributed by atoms with Gasteiger partial charge >= 0.3 is 5.97 Å². The van der Waals surface area contributed by atoms with Crippen molar-refractivity contribution in [1.29, 1.82) is 0 Å². The highest BCUT2D eigenvalue weighted by molar-refractivity contribution is 5.88. The Balaban J connectivity index is 1.20. The number of hydrogen-bond acceptors (Lipinski definition) is 4. The summed E-state index contributed by atoms with van der Waals surface area (Å²) in [4.78, 5) is 14.0. The van der Waals surface area contributed by atoms with Gasteiger partial charge in [0.1, 0.15) is 12.4 Å². The molecule has 5 heteroatoms. The van der Waals surface area contributed by atoms with Crippen molar-refractivity contribution in [2.75, 3.05) is 18.1 Å². The van der Waals surface area contributed by atoms with Crippen molar-refractivity contribution in [1.82, 2.24) is 0 Å². The highest BCUT2D eigenvalue weighted by Gasteiger charge is 2.19. The maximum absolute atomic E-state index is 11.7. The van der Waals surface area contributed by atoms with Crippen LogP contribution < -0.4 is 9.64 Å². The molecule has 1 heterocycles. The van der Waals surface area contributed by atoms with Gasteiger partial charge in [-0.25, -0.2) is 4.79 Å². The van der Waals surface area contributed by atoms with E-state index in [0.29, 0.717) is 13.2 Å². The van der Waals surface area contributed by atoms with Gasteiger partial charge in [0.15, 0.2) is 6.10 Å². The predicted molar refractivity (Wildman–Crippen MR) is 147 cm³/mol. The third-order valence-corrected chi connectivity index (χ3v) is 6.40. The summed E-state index contributed by atoms with van der Waals surface area (Å²) in [7, 11) is 0. The van der Waals surface area contributed by atoms with Crippen LogP contribution in [-0.4, -0.2) is 30.3 Å². The number of anilines is 2. The van der Waals surface area contributed by atoms with Crippen LogP contribution in [0.3, 0.4) is 0 Å². The number of benzene rings is 4. The molecule has 0 saturated heterocycles. The number of carboxylic acid groups (broad SMARTS) is 1. The second-order valence-electron chi connectivity index (χ2n) is 8.92. The first kappa shape index (κ1) is 24.3. The van der Waals surface area contributed by atoms with Gasteiger partial charge in [-0.05, 0) is 46.5 Å². The van der Waals surface area contributed by atoms with Crippen molar-refractivity contribution in [2.24, 2.45) is 0 Å². The number of carbonyl (C=O) groups is 1. The van der Waals surface area contributed by atoms with Gasteiger partial charge in [0, 0.05) is 17.8 Å². The summed E-state index contributed by atoms with van der Waals surface area (Å²) in [6.45, 7) is 1.45. The molecule has 5 rings (SSSR count). The lowest BCUT2D eigenvalue weighted by molar-refractivity contribution is -0.151. The molecule has 1 aliphatic heterocycles. The Labute approximate surface area is 217 Å². The molecule has 1 atom stereocenters. The second-order valence-corrected chi connectivity index (χ2v) is 8.92. The normalized spacial score (nSPS) is 12.8. The Kier molecular flexibility index (Phi) is 7.63. The smallest absolute Gasteiger partial charge is 0.333 e. The standard InChI is InChI=1S/C32H29NO4/c34-32(35)31(37-23-25-8-2-1-3-9-25)22-24-14-18-28(19-15-24)36-21-20-33-29-12-6-4-10-26(29)16-17-27-11-5-7-13-30(27)33/h1-19,31H,20-23H2,(H,34,35). The van der Waals surface area contributed by atoms with Crippen molar-refractivity contribution < 1.29 is 19.4 Å². The summed E-state index contributed by atoms with van der Waals surface area (Å²) in [6, 6.07) is 33.9. The molecule has 5 nitrogen and oxygen atoms in total. The zero-order valence-electron chi connectivity index (χ0n) is 20.5. The molecule has 0 amide bonds. The molecule has 0 radical (unpaired) electrons. The van der Waals surface area contributed by atoms with E-state index >= 15 is 0 Å². The quantitative estimate of drug-likeness (QED) is 0.271. The molecule has 0 aromatic heterocycles. The van der Waals surface area contributed by atoms with Crippen molar-refractivity contribution in [2.45, 2.75) is 19.1 Å². The van der Waals surface area contributed by atoms with E-state index in [0.717, 1.165) is 28.3 Å².